The third-order valence-corrected chi connectivity index (χ3v) is 5.51. The first-order valence-corrected chi connectivity index (χ1v) is 8.94. The van der Waals surface area contributed by atoms with Gasteiger partial charge >= 0.3 is 0 Å². The Hall–Kier alpha value is -1.72. The molecular weight excluding hydrogens is 302 g/mol. The van der Waals surface area contributed by atoms with Gasteiger partial charge in [0, 0.05) is 19.6 Å². The van der Waals surface area contributed by atoms with Crippen molar-refractivity contribution < 1.29 is 9.90 Å². The summed E-state index contributed by atoms with van der Waals surface area (Å²) in [4.78, 5) is 15.6. The van der Waals surface area contributed by atoms with Gasteiger partial charge in [-0.25, -0.2) is 0 Å². The molecule has 130 valence electrons. The lowest BCUT2D eigenvalue weighted by atomic mass is 9.73. The Labute approximate surface area is 143 Å². The van der Waals surface area contributed by atoms with Crippen molar-refractivity contribution in [3.05, 3.63) is 35.9 Å². The Morgan fingerprint density at radius 2 is 1.88 bits per heavy atom. The molecule has 1 aromatic rings. The Kier molecular flexibility index (Phi) is 5.31. The van der Waals surface area contributed by atoms with Gasteiger partial charge in [0.05, 0.1) is 12.9 Å². The van der Waals surface area contributed by atoms with E-state index in [1.165, 1.54) is 24.2 Å². The molecule has 24 heavy (non-hydrogen) atoms. The molecule has 1 unspecified atom stereocenters. The first-order valence-electron chi connectivity index (χ1n) is 8.94. The van der Waals surface area contributed by atoms with Gasteiger partial charge in [0.15, 0.2) is 0 Å². The zero-order valence-electron chi connectivity index (χ0n) is 14.2. The highest BCUT2D eigenvalue weighted by molar-refractivity contribution is 5.88. The number of aliphatic hydroxyl groups is 1. The van der Waals surface area contributed by atoms with Crippen molar-refractivity contribution in [2.24, 2.45) is 5.92 Å². The van der Waals surface area contributed by atoms with Gasteiger partial charge < -0.3 is 10.0 Å². The fourth-order valence-corrected chi connectivity index (χ4v) is 4.11. The Bertz CT molecular complexity index is 571. The molecule has 0 spiro atoms. The molecule has 5 heteroatoms. The summed E-state index contributed by atoms with van der Waals surface area (Å²) in [5, 5.41) is 18.9. The summed E-state index contributed by atoms with van der Waals surface area (Å²) in [6, 6.07) is 9.92. The second-order valence-corrected chi connectivity index (χ2v) is 7.05. The molecule has 0 aromatic heterocycles. The van der Waals surface area contributed by atoms with E-state index in [0.29, 0.717) is 19.6 Å². The first-order chi connectivity index (χ1) is 11.6. The molecule has 1 amide bonds. The number of β-amino-alcohol motifs (C(OH)–C–C–N with tert-alkyl or cyclic N) is 1. The van der Waals surface area contributed by atoms with Gasteiger partial charge in [-0.05, 0) is 24.3 Å². The number of rotatable bonds is 5. The van der Waals surface area contributed by atoms with Crippen LogP contribution in [0.4, 0.5) is 0 Å². The van der Waals surface area contributed by atoms with Gasteiger partial charge in [-0.2, -0.15) is 0 Å². The van der Waals surface area contributed by atoms with E-state index in [4.69, 9.17) is 5.41 Å². The smallest absolute Gasteiger partial charge is 0.241 e. The van der Waals surface area contributed by atoms with E-state index in [-0.39, 0.29) is 18.4 Å². The average Bonchev–Trinajstić information content (AvgIpc) is 2.63. The standard InChI is InChI=1S/C19H27N3O2/c20-15-22-12-11-21(13-18(22)23)14-19(24,16-7-3-1-4-8-16)17-9-5-2-6-10-17/h1,3-4,7-8,15,17,20,24H,2,5-6,9-14H2. The van der Waals surface area contributed by atoms with Crippen molar-refractivity contribution in [1.82, 2.24) is 9.80 Å². The largest absolute Gasteiger partial charge is 0.384 e. The molecule has 0 bridgehead atoms. The van der Waals surface area contributed by atoms with Crippen LogP contribution in [0.2, 0.25) is 0 Å². The van der Waals surface area contributed by atoms with Gasteiger partial charge in [-0.1, -0.05) is 49.6 Å². The minimum Gasteiger partial charge on any atom is -0.384 e. The van der Waals surface area contributed by atoms with Gasteiger partial charge in [-0.3, -0.25) is 15.1 Å². The lowest BCUT2D eigenvalue weighted by Gasteiger charge is -2.43. The molecule has 1 atom stereocenters. The zero-order chi connectivity index (χ0) is 17.0. The monoisotopic (exact) mass is 329 g/mol. The fourth-order valence-electron chi connectivity index (χ4n) is 4.11. The van der Waals surface area contributed by atoms with Crippen LogP contribution in [0.3, 0.4) is 0 Å². The van der Waals surface area contributed by atoms with Crippen molar-refractivity contribution in [3.8, 4) is 0 Å². The van der Waals surface area contributed by atoms with Gasteiger partial charge in [-0.15, -0.1) is 0 Å². The number of carbonyl (C=O) groups excluding carboxylic acids is 1. The van der Waals surface area contributed by atoms with E-state index < -0.39 is 5.60 Å². The molecule has 2 aliphatic rings. The third kappa shape index (κ3) is 3.52. The lowest BCUT2D eigenvalue weighted by Crippen LogP contribution is -2.55. The van der Waals surface area contributed by atoms with Crippen LogP contribution in [-0.4, -0.2) is 53.3 Å². The zero-order valence-corrected chi connectivity index (χ0v) is 14.2. The van der Waals surface area contributed by atoms with E-state index in [1.54, 1.807) is 0 Å². The average molecular weight is 329 g/mol. The van der Waals surface area contributed by atoms with Crippen molar-refractivity contribution in [3.63, 3.8) is 0 Å². The van der Waals surface area contributed by atoms with Gasteiger partial charge in [0.1, 0.15) is 5.60 Å². The number of carbonyl (C=O) groups is 1. The first kappa shape index (κ1) is 17.1. The summed E-state index contributed by atoms with van der Waals surface area (Å²) in [5.41, 5.74) is 0.0493. The number of nitrogens with one attached hydrogen (secondary N) is 1. The molecule has 1 saturated heterocycles. The third-order valence-electron chi connectivity index (χ3n) is 5.51. The van der Waals surface area contributed by atoms with E-state index in [2.05, 4.69) is 0 Å². The Morgan fingerprint density at radius 1 is 1.17 bits per heavy atom. The number of hydrogen-bond donors (Lipinski definition) is 2. The maximum Gasteiger partial charge on any atom is 0.241 e. The van der Waals surface area contributed by atoms with Crippen LogP contribution < -0.4 is 0 Å². The van der Waals surface area contributed by atoms with Crippen LogP contribution in [0.15, 0.2) is 30.3 Å². The molecule has 3 rings (SSSR count). The van der Waals surface area contributed by atoms with Crippen LogP contribution in [0.25, 0.3) is 0 Å². The molecule has 5 nitrogen and oxygen atoms in total. The van der Waals surface area contributed by atoms with Gasteiger partial charge in [0.2, 0.25) is 5.91 Å². The quantitative estimate of drug-likeness (QED) is 0.643. The molecule has 1 heterocycles. The number of piperazine rings is 1. The van der Waals surface area contributed by atoms with E-state index >= 15 is 0 Å². The van der Waals surface area contributed by atoms with Crippen LogP contribution in [-0.2, 0) is 10.4 Å². The summed E-state index contributed by atoms with van der Waals surface area (Å²) in [6.45, 7) is 1.98. The second-order valence-electron chi connectivity index (χ2n) is 7.05. The number of hydrogen-bond acceptors (Lipinski definition) is 4. The molecule has 1 aromatic carbocycles. The van der Waals surface area contributed by atoms with Crippen molar-refractivity contribution in [2.45, 2.75) is 37.7 Å². The lowest BCUT2D eigenvalue weighted by molar-refractivity contribution is -0.134. The van der Waals surface area contributed by atoms with Crippen molar-refractivity contribution in [2.75, 3.05) is 26.2 Å². The summed E-state index contributed by atoms with van der Waals surface area (Å²) in [5.74, 6) is 0.180. The summed E-state index contributed by atoms with van der Waals surface area (Å²) >= 11 is 0. The highest BCUT2D eigenvalue weighted by atomic mass is 16.3. The summed E-state index contributed by atoms with van der Waals surface area (Å²) < 4.78 is 0. The predicted molar refractivity (Wildman–Crippen MR) is 93.9 cm³/mol. The minimum absolute atomic E-state index is 0.0599. The maximum atomic E-state index is 12.1. The minimum atomic E-state index is -0.908. The molecule has 1 aliphatic heterocycles. The second kappa shape index (κ2) is 7.45. The molecule has 1 aliphatic carbocycles. The van der Waals surface area contributed by atoms with Crippen molar-refractivity contribution in [1.29, 1.82) is 5.41 Å². The van der Waals surface area contributed by atoms with Crippen molar-refractivity contribution >= 4 is 12.2 Å². The predicted octanol–water partition coefficient (Wildman–Crippen LogP) is 2.21. The normalized spacial score (nSPS) is 23.0. The molecule has 0 radical (unpaired) electrons. The number of benzene rings is 1. The van der Waals surface area contributed by atoms with Crippen LogP contribution in [0.1, 0.15) is 37.7 Å². The maximum absolute atomic E-state index is 12.1. The van der Waals surface area contributed by atoms with E-state index in [0.717, 1.165) is 24.7 Å². The Balaban J connectivity index is 1.80. The highest BCUT2D eigenvalue weighted by Gasteiger charge is 2.41. The molecule has 2 N–H and O–H groups in total. The fraction of sp³-hybridized carbons (Fsp3) is 0.579. The molecular formula is C19H27N3O2. The summed E-state index contributed by atoms with van der Waals surface area (Å²) in [7, 11) is 0. The molecule has 1 saturated carbocycles. The molecule has 2 fully saturated rings. The van der Waals surface area contributed by atoms with Crippen LogP contribution in [0.5, 0.6) is 0 Å². The number of nitrogens with zero attached hydrogens (tertiary/aromatic N) is 2. The topological polar surface area (TPSA) is 67.6 Å². The van der Waals surface area contributed by atoms with Crippen LogP contribution in [0, 0.1) is 11.3 Å². The number of amides is 1. The van der Waals surface area contributed by atoms with Gasteiger partial charge in [0.25, 0.3) is 0 Å². The highest BCUT2D eigenvalue weighted by Crippen LogP contribution is 2.40. The SMILES string of the molecule is N=CN1CCN(CC(O)(c2ccccc2)C2CCCCC2)CC1=O. The van der Waals surface area contributed by atoms with Crippen LogP contribution >= 0.6 is 0 Å². The Morgan fingerprint density at radius 3 is 2.50 bits per heavy atom. The van der Waals surface area contributed by atoms with E-state index in [1.807, 2.05) is 35.2 Å². The summed E-state index contributed by atoms with van der Waals surface area (Å²) in [6.07, 6.45) is 6.77. The van der Waals surface area contributed by atoms with E-state index in [9.17, 15) is 9.90 Å².